The molecule has 2 nitrogen and oxygen atoms in total. The lowest BCUT2D eigenvalue weighted by molar-refractivity contribution is -0.173. The fourth-order valence-corrected chi connectivity index (χ4v) is 1.04. The summed E-state index contributed by atoms with van der Waals surface area (Å²) in [6.07, 6.45) is -2.53. The quantitative estimate of drug-likeness (QED) is 0.660. The van der Waals surface area contributed by atoms with Gasteiger partial charge in [0.25, 0.3) is 0 Å². The summed E-state index contributed by atoms with van der Waals surface area (Å²) in [6.45, 7) is 7.00. The molecule has 5 heteroatoms. The standard InChI is InChI=1S/C11H22F3NO/c1-4-10(2,3)8-15-6-5-7-16-9-11(12,13)14/h15H,4-9H2,1-3H3. The molecule has 0 saturated carbocycles. The SMILES string of the molecule is CCC(C)(C)CNCCCOCC(F)(F)F. The first-order valence-electron chi connectivity index (χ1n) is 5.62. The molecule has 0 atom stereocenters. The summed E-state index contributed by atoms with van der Waals surface area (Å²) in [5.74, 6) is 0. The van der Waals surface area contributed by atoms with Gasteiger partial charge in [-0.3, -0.25) is 0 Å². The van der Waals surface area contributed by atoms with Crippen LogP contribution in [0.3, 0.4) is 0 Å². The molecule has 1 N–H and O–H groups in total. The summed E-state index contributed by atoms with van der Waals surface area (Å²) in [5.41, 5.74) is 0.243. The molecule has 16 heavy (non-hydrogen) atoms. The summed E-state index contributed by atoms with van der Waals surface area (Å²) in [4.78, 5) is 0. The third kappa shape index (κ3) is 10.2. The Balaban J connectivity index is 3.29. The van der Waals surface area contributed by atoms with E-state index in [0.29, 0.717) is 13.0 Å². The third-order valence-corrected chi connectivity index (χ3v) is 2.47. The Kier molecular flexibility index (Phi) is 6.99. The van der Waals surface area contributed by atoms with Gasteiger partial charge >= 0.3 is 6.18 Å². The van der Waals surface area contributed by atoms with Crippen molar-refractivity contribution < 1.29 is 17.9 Å². The number of hydrogen-bond donors (Lipinski definition) is 1. The maximum atomic E-state index is 11.7. The Labute approximate surface area is 95.5 Å². The number of ether oxygens (including phenoxy) is 1. The maximum absolute atomic E-state index is 11.7. The minimum absolute atomic E-state index is 0.152. The van der Waals surface area contributed by atoms with Crippen LogP contribution < -0.4 is 5.32 Å². The minimum atomic E-state index is -4.21. The Bertz CT molecular complexity index is 181. The summed E-state index contributed by atoms with van der Waals surface area (Å²) < 4.78 is 39.6. The van der Waals surface area contributed by atoms with Crippen LogP contribution in [-0.4, -0.2) is 32.5 Å². The Morgan fingerprint density at radius 3 is 2.31 bits per heavy atom. The molecule has 0 aliphatic heterocycles. The fourth-order valence-electron chi connectivity index (χ4n) is 1.04. The fraction of sp³-hybridized carbons (Fsp3) is 1.00. The van der Waals surface area contributed by atoms with Gasteiger partial charge in [0, 0.05) is 13.2 Å². The first-order valence-corrected chi connectivity index (χ1v) is 5.62. The predicted octanol–water partition coefficient (Wildman–Crippen LogP) is 2.98. The molecule has 0 rings (SSSR count). The lowest BCUT2D eigenvalue weighted by atomic mass is 9.90. The number of hydrogen-bond acceptors (Lipinski definition) is 2. The highest BCUT2D eigenvalue weighted by atomic mass is 19.4. The average Bonchev–Trinajstić information content (AvgIpc) is 2.14. The molecule has 0 aliphatic rings. The molecule has 0 aromatic heterocycles. The zero-order valence-electron chi connectivity index (χ0n) is 10.3. The first-order chi connectivity index (χ1) is 7.27. The van der Waals surface area contributed by atoms with Gasteiger partial charge in [0.2, 0.25) is 0 Å². The maximum Gasteiger partial charge on any atom is 0.411 e. The topological polar surface area (TPSA) is 21.3 Å². The van der Waals surface area contributed by atoms with E-state index in [1.165, 1.54) is 0 Å². The van der Waals surface area contributed by atoms with E-state index in [-0.39, 0.29) is 12.0 Å². The van der Waals surface area contributed by atoms with Crippen molar-refractivity contribution in [2.24, 2.45) is 5.41 Å². The monoisotopic (exact) mass is 241 g/mol. The van der Waals surface area contributed by atoms with Crippen molar-refractivity contribution in [2.75, 3.05) is 26.3 Å². The van der Waals surface area contributed by atoms with Crippen LogP contribution in [0.4, 0.5) is 13.2 Å². The number of nitrogens with one attached hydrogen (secondary N) is 1. The van der Waals surface area contributed by atoms with Gasteiger partial charge in [-0.2, -0.15) is 13.2 Å². The summed E-state index contributed by atoms with van der Waals surface area (Å²) in [7, 11) is 0. The molecule has 0 spiro atoms. The summed E-state index contributed by atoms with van der Waals surface area (Å²) in [6, 6.07) is 0. The summed E-state index contributed by atoms with van der Waals surface area (Å²) in [5, 5.41) is 3.21. The third-order valence-electron chi connectivity index (χ3n) is 2.47. The zero-order valence-corrected chi connectivity index (χ0v) is 10.3. The molecule has 0 fully saturated rings. The van der Waals surface area contributed by atoms with E-state index in [1.54, 1.807) is 0 Å². The van der Waals surface area contributed by atoms with Crippen molar-refractivity contribution in [2.45, 2.75) is 39.8 Å². The molecule has 0 aromatic carbocycles. The van der Waals surface area contributed by atoms with Crippen molar-refractivity contribution in [3.05, 3.63) is 0 Å². The number of alkyl halides is 3. The Morgan fingerprint density at radius 1 is 1.19 bits per heavy atom. The molecular weight excluding hydrogens is 219 g/mol. The van der Waals surface area contributed by atoms with E-state index in [9.17, 15) is 13.2 Å². The molecule has 98 valence electrons. The minimum Gasteiger partial charge on any atom is -0.372 e. The summed E-state index contributed by atoms with van der Waals surface area (Å²) >= 11 is 0. The van der Waals surface area contributed by atoms with E-state index in [0.717, 1.165) is 13.0 Å². The van der Waals surface area contributed by atoms with E-state index < -0.39 is 12.8 Å². The van der Waals surface area contributed by atoms with Gasteiger partial charge in [0.15, 0.2) is 0 Å². The van der Waals surface area contributed by atoms with Gasteiger partial charge < -0.3 is 10.1 Å². The Hall–Kier alpha value is -0.290. The van der Waals surface area contributed by atoms with E-state index in [4.69, 9.17) is 0 Å². The second-order valence-electron chi connectivity index (χ2n) is 4.72. The normalized spacial score (nSPS) is 13.1. The Morgan fingerprint density at radius 2 is 1.81 bits per heavy atom. The van der Waals surface area contributed by atoms with Crippen LogP contribution in [0.1, 0.15) is 33.6 Å². The smallest absolute Gasteiger partial charge is 0.372 e. The van der Waals surface area contributed by atoms with Crippen molar-refractivity contribution in [3.63, 3.8) is 0 Å². The van der Waals surface area contributed by atoms with Crippen LogP contribution in [0.5, 0.6) is 0 Å². The second kappa shape index (κ2) is 7.12. The second-order valence-corrected chi connectivity index (χ2v) is 4.72. The van der Waals surface area contributed by atoms with Crippen molar-refractivity contribution in [3.8, 4) is 0 Å². The average molecular weight is 241 g/mol. The largest absolute Gasteiger partial charge is 0.411 e. The van der Waals surface area contributed by atoms with Gasteiger partial charge in [-0.15, -0.1) is 0 Å². The van der Waals surface area contributed by atoms with Crippen molar-refractivity contribution in [1.29, 1.82) is 0 Å². The van der Waals surface area contributed by atoms with E-state index in [1.807, 2.05) is 0 Å². The van der Waals surface area contributed by atoms with Gasteiger partial charge in [-0.25, -0.2) is 0 Å². The first kappa shape index (κ1) is 15.7. The van der Waals surface area contributed by atoms with Gasteiger partial charge in [-0.05, 0) is 24.8 Å². The van der Waals surface area contributed by atoms with Crippen LogP contribution in [0, 0.1) is 5.41 Å². The van der Waals surface area contributed by atoms with Crippen molar-refractivity contribution in [1.82, 2.24) is 5.32 Å². The number of rotatable bonds is 8. The van der Waals surface area contributed by atoms with Gasteiger partial charge in [0.05, 0.1) is 0 Å². The highest BCUT2D eigenvalue weighted by molar-refractivity contribution is 4.68. The highest BCUT2D eigenvalue weighted by Gasteiger charge is 2.27. The predicted molar refractivity (Wildman–Crippen MR) is 58.4 cm³/mol. The lowest BCUT2D eigenvalue weighted by Crippen LogP contribution is -2.30. The molecule has 0 radical (unpaired) electrons. The molecule has 0 unspecified atom stereocenters. The van der Waals surface area contributed by atoms with Crippen LogP contribution >= 0.6 is 0 Å². The zero-order chi connectivity index (χ0) is 12.7. The van der Waals surface area contributed by atoms with Crippen molar-refractivity contribution >= 4 is 0 Å². The number of halogens is 3. The highest BCUT2D eigenvalue weighted by Crippen LogP contribution is 2.17. The molecule has 0 heterocycles. The van der Waals surface area contributed by atoms with Crippen LogP contribution in [0.15, 0.2) is 0 Å². The molecule has 0 aromatic rings. The lowest BCUT2D eigenvalue weighted by Gasteiger charge is -2.22. The molecule has 0 amide bonds. The molecular formula is C11H22F3NO. The van der Waals surface area contributed by atoms with Gasteiger partial charge in [0.1, 0.15) is 6.61 Å². The van der Waals surface area contributed by atoms with E-state index in [2.05, 4.69) is 30.8 Å². The van der Waals surface area contributed by atoms with E-state index >= 15 is 0 Å². The van der Waals surface area contributed by atoms with Gasteiger partial charge in [-0.1, -0.05) is 20.8 Å². The van der Waals surface area contributed by atoms with Crippen LogP contribution in [-0.2, 0) is 4.74 Å². The molecule has 0 saturated heterocycles. The van der Waals surface area contributed by atoms with Crippen LogP contribution in [0.2, 0.25) is 0 Å². The van der Waals surface area contributed by atoms with Crippen LogP contribution in [0.25, 0.3) is 0 Å². The molecule has 0 bridgehead atoms. The molecule has 0 aliphatic carbocycles.